The minimum Gasteiger partial charge on any atom is -0.356 e. The lowest BCUT2D eigenvalue weighted by Crippen LogP contribution is -2.34. The molecule has 20 heavy (non-hydrogen) atoms. The summed E-state index contributed by atoms with van der Waals surface area (Å²) in [5.74, 6) is -0.119. The van der Waals surface area contributed by atoms with Gasteiger partial charge in [0.15, 0.2) is 5.82 Å². The van der Waals surface area contributed by atoms with Crippen LogP contribution in [0.3, 0.4) is 0 Å². The van der Waals surface area contributed by atoms with E-state index in [2.05, 4.69) is 4.84 Å². The molecule has 106 valence electrons. The van der Waals surface area contributed by atoms with Gasteiger partial charge in [-0.3, -0.25) is 14.4 Å². The van der Waals surface area contributed by atoms with E-state index in [9.17, 15) is 23.2 Å². The van der Waals surface area contributed by atoms with Crippen molar-refractivity contribution in [2.75, 3.05) is 11.4 Å². The minimum atomic E-state index is -1.05. The van der Waals surface area contributed by atoms with Crippen LogP contribution in [0.1, 0.15) is 16.8 Å². The van der Waals surface area contributed by atoms with Crippen LogP contribution in [0.15, 0.2) is 12.1 Å². The summed E-state index contributed by atoms with van der Waals surface area (Å²) in [5.41, 5.74) is 0.956. The quantitative estimate of drug-likeness (QED) is 0.451. The number of carbonyl (C=O) groups excluding carboxylic acids is 3. The number of amides is 1. The first-order chi connectivity index (χ1) is 9.45. The number of carbonyl (C=O) groups is 3. The largest absolute Gasteiger partial charge is 0.356 e. The molecule has 3 N–H and O–H groups in total. The standard InChI is InChI=1S/C11H9F2N3O4/c12-5-3-6-9(7(13)4-5)16(11(19)10(6)18)2-1-8(17)20-15-14/h3-4,15H,1-2,14H2. The van der Waals surface area contributed by atoms with E-state index in [1.165, 1.54) is 0 Å². The second kappa shape index (κ2) is 5.31. The monoisotopic (exact) mass is 285 g/mol. The molecule has 7 nitrogen and oxygen atoms in total. The van der Waals surface area contributed by atoms with E-state index in [0.717, 1.165) is 11.0 Å². The summed E-state index contributed by atoms with van der Waals surface area (Å²) < 4.78 is 26.7. The molecule has 1 aromatic rings. The molecule has 9 heteroatoms. The fourth-order valence-electron chi connectivity index (χ4n) is 1.89. The Morgan fingerprint density at radius 2 is 2.05 bits per heavy atom. The molecule has 1 aromatic carbocycles. The average Bonchev–Trinajstić information content (AvgIpc) is 2.61. The van der Waals surface area contributed by atoms with Crippen molar-refractivity contribution in [2.24, 2.45) is 5.84 Å². The Morgan fingerprint density at radius 1 is 1.35 bits per heavy atom. The van der Waals surface area contributed by atoms with Crippen molar-refractivity contribution in [3.8, 4) is 0 Å². The van der Waals surface area contributed by atoms with E-state index in [-0.39, 0.29) is 24.2 Å². The molecule has 0 unspecified atom stereocenters. The van der Waals surface area contributed by atoms with E-state index in [0.29, 0.717) is 6.07 Å². The molecule has 2 rings (SSSR count). The van der Waals surface area contributed by atoms with Crippen molar-refractivity contribution in [2.45, 2.75) is 6.42 Å². The van der Waals surface area contributed by atoms with Gasteiger partial charge >= 0.3 is 5.97 Å². The van der Waals surface area contributed by atoms with E-state index < -0.39 is 29.3 Å². The summed E-state index contributed by atoms with van der Waals surface area (Å²) in [6, 6.07) is 1.33. The molecule has 0 saturated heterocycles. The van der Waals surface area contributed by atoms with Crippen LogP contribution in [0.2, 0.25) is 0 Å². The molecule has 1 heterocycles. The Labute approximate surface area is 111 Å². The van der Waals surface area contributed by atoms with Crippen molar-refractivity contribution in [3.05, 3.63) is 29.3 Å². The number of benzene rings is 1. The molecule has 0 atom stereocenters. The topological polar surface area (TPSA) is 102 Å². The Hall–Kier alpha value is -2.39. The zero-order chi connectivity index (χ0) is 14.9. The summed E-state index contributed by atoms with van der Waals surface area (Å²) in [7, 11) is 0. The highest BCUT2D eigenvalue weighted by Crippen LogP contribution is 2.32. The number of nitrogens with two attached hydrogens (primary N) is 1. The SMILES string of the molecule is NNOC(=O)CCN1C(=O)C(=O)c2cc(F)cc(F)c21. The van der Waals surface area contributed by atoms with Gasteiger partial charge in [-0.05, 0) is 6.07 Å². The third kappa shape index (κ3) is 2.36. The first-order valence-electron chi connectivity index (χ1n) is 5.46. The zero-order valence-electron chi connectivity index (χ0n) is 9.98. The van der Waals surface area contributed by atoms with Gasteiger partial charge in [0.25, 0.3) is 11.7 Å². The average molecular weight is 285 g/mol. The van der Waals surface area contributed by atoms with Crippen LogP contribution in [-0.4, -0.2) is 24.2 Å². The highest BCUT2D eigenvalue weighted by atomic mass is 19.1. The second-order valence-electron chi connectivity index (χ2n) is 3.91. The normalized spacial score (nSPS) is 13.7. The number of hydrazine groups is 1. The molecular formula is C11H9F2N3O4. The smallest absolute Gasteiger partial charge is 0.328 e. The Kier molecular flexibility index (Phi) is 3.72. The van der Waals surface area contributed by atoms with E-state index >= 15 is 0 Å². The maximum atomic E-state index is 13.7. The summed E-state index contributed by atoms with van der Waals surface area (Å²) in [6.45, 7) is -0.291. The summed E-state index contributed by atoms with van der Waals surface area (Å²) in [5, 5.41) is 0. The first kappa shape index (κ1) is 14.0. The van der Waals surface area contributed by atoms with Gasteiger partial charge in [0.05, 0.1) is 17.7 Å². The number of halogens is 2. The van der Waals surface area contributed by atoms with Crippen LogP contribution < -0.4 is 16.3 Å². The number of anilines is 1. The third-order valence-corrected chi connectivity index (χ3v) is 2.69. The fourth-order valence-corrected chi connectivity index (χ4v) is 1.89. The number of ketones is 1. The molecule has 0 aliphatic carbocycles. The summed E-state index contributed by atoms with van der Waals surface area (Å²) >= 11 is 0. The van der Waals surface area contributed by atoms with Crippen LogP contribution in [-0.2, 0) is 14.4 Å². The van der Waals surface area contributed by atoms with Crippen molar-refractivity contribution in [3.63, 3.8) is 0 Å². The molecular weight excluding hydrogens is 276 g/mol. The van der Waals surface area contributed by atoms with Crippen LogP contribution in [0.5, 0.6) is 0 Å². The molecule has 0 fully saturated rings. The molecule has 0 radical (unpaired) electrons. The predicted octanol–water partition coefficient (Wildman–Crippen LogP) is -0.194. The number of nitrogens with one attached hydrogen (secondary N) is 1. The lowest BCUT2D eigenvalue weighted by atomic mass is 10.1. The lowest BCUT2D eigenvalue weighted by Gasteiger charge is -2.16. The van der Waals surface area contributed by atoms with Gasteiger partial charge in [0, 0.05) is 12.6 Å². The van der Waals surface area contributed by atoms with Crippen molar-refractivity contribution < 1.29 is 28.0 Å². The van der Waals surface area contributed by atoms with Gasteiger partial charge in [-0.15, -0.1) is 0 Å². The van der Waals surface area contributed by atoms with Gasteiger partial charge in [-0.2, -0.15) is 0 Å². The number of fused-ring (bicyclic) bond motifs is 1. The number of Topliss-reactive ketones (excluding diaryl/α,β-unsaturated/α-hetero) is 1. The Bertz CT molecular complexity index is 606. The summed E-state index contributed by atoms with van der Waals surface area (Å²) in [6.07, 6.45) is -0.320. The zero-order valence-corrected chi connectivity index (χ0v) is 9.98. The molecule has 0 bridgehead atoms. The van der Waals surface area contributed by atoms with Crippen molar-refractivity contribution in [1.82, 2.24) is 5.59 Å². The first-order valence-corrected chi connectivity index (χ1v) is 5.46. The highest BCUT2D eigenvalue weighted by molar-refractivity contribution is 6.52. The predicted molar refractivity (Wildman–Crippen MR) is 61.1 cm³/mol. The highest BCUT2D eigenvalue weighted by Gasteiger charge is 2.38. The van der Waals surface area contributed by atoms with Crippen LogP contribution in [0.4, 0.5) is 14.5 Å². The number of hydrogen-bond acceptors (Lipinski definition) is 6. The fraction of sp³-hybridized carbons (Fsp3) is 0.182. The van der Waals surface area contributed by atoms with E-state index in [4.69, 9.17) is 5.84 Å². The maximum absolute atomic E-state index is 13.7. The third-order valence-electron chi connectivity index (χ3n) is 2.69. The Balaban J connectivity index is 2.27. The van der Waals surface area contributed by atoms with Crippen LogP contribution in [0, 0.1) is 11.6 Å². The molecule has 1 amide bonds. The molecule has 0 saturated carbocycles. The number of rotatable bonds is 4. The van der Waals surface area contributed by atoms with Crippen LogP contribution in [0.25, 0.3) is 0 Å². The minimum absolute atomic E-state index is 0.291. The van der Waals surface area contributed by atoms with Crippen molar-refractivity contribution >= 4 is 23.3 Å². The maximum Gasteiger partial charge on any atom is 0.328 e. The van der Waals surface area contributed by atoms with Gasteiger partial charge < -0.3 is 9.74 Å². The number of nitrogens with zero attached hydrogens (tertiary/aromatic N) is 1. The lowest BCUT2D eigenvalue weighted by molar-refractivity contribution is -0.151. The molecule has 0 aromatic heterocycles. The van der Waals surface area contributed by atoms with Gasteiger partial charge in [-0.25, -0.2) is 14.6 Å². The van der Waals surface area contributed by atoms with Crippen molar-refractivity contribution in [1.29, 1.82) is 0 Å². The summed E-state index contributed by atoms with van der Waals surface area (Å²) in [4.78, 5) is 39.4. The van der Waals surface area contributed by atoms with Gasteiger partial charge in [0.2, 0.25) is 0 Å². The second-order valence-corrected chi connectivity index (χ2v) is 3.91. The van der Waals surface area contributed by atoms with E-state index in [1.807, 2.05) is 0 Å². The molecule has 1 aliphatic heterocycles. The molecule has 0 spiro atoms. The number of hydrogen-bond donors (Lipinski definition) is 2. The van der Waals surface area contributed by atoms with Crippen LogP contribution >= 0.6 is 0 Å². The Morgan fingerprint density at radius 3 is 2.70 bits per heavy atom. The van der Waals surface area contributed by atoms with Gasteiger partial charge in [-0.1, -0.05) is 5.59 Å². The van der Waals surface area contributed by atoms with E-state index in [1.54, 1.807) is 5.59 Å². The van der Waals surface area contributed by atoms with Gasteiger partial charge in [0.1, 0.15) is 5.82 Å². The molecule has 1 aliphatic rings.